The standard InChI is InChI=1S/C18H22F3N5O2/c1-3-11-8-13(24-28-11)17(27)25-6-4-5-14(25)12-9-16-22-10(2)7-15(18(19,20)21)26(16)23-12/h8-10,14-15,22H,3-7H2,1-2H3/t10-,14-,15-/m1/s1. The van der Waals surface area contributed by atoms with E-state index >= 15 is 0 Å². The van der Waals surface area contributed by atoms with Gasteiger partial charge in [-0.3, -0.25) is 4.79 Å². The number of aromatic nitrogens is 3. The van der Waals surface area contributed by atoms with E-state index in [9.17, 15) is 18.0 Å². The first-order valence-corrected chi connectivity index (χ1v) is 9.47. The molecule has 0 unspecified atom stereocenters. The van der Waals surface area contributed by atoms with Gasteiger partial charge in [-0.05, 0) is 26.2 Å². The lowest BCUT2D eigenvalue weighted by Gasteiger charge is -2.31. The Hall–Kier alpha value is -2.52. The summed E-state index contributed by atoms with van der Waals surface area (Å²) in [6.45, 7) is 4.12. The fourth-order valence-corrected chi connectivity index (χ4v) is 3.98. The zero-order chi connectivity index (χ0) is 20.1. The highest BCUT2D eigenvalue weighted by atomic mass is 19.4. The number of rotatable bonds is 3. The van der Waals surface area contributed by atoms with Gasteiger partial charge in [0.25, 0.3) is 5.91 Å². The zero-order valence-electron chi connectivity index (χ0n) is 15.7. The van der Waals surface area contributed by atoms with Gasteiger partial charge >= 0.3 is 6.18 Å². The minimum Gasteiger partial charge on any atom is -0.368 e. The van der Waals surface area contributed by atoms with Gasteiger partial charge in [-0.2, -0.15) is 18.3 Å². The summed E-state index contributed by atoms with van der Waals surface area (Å²) in [6, 6.07) is 0.885. The van der Waals surface area contributed by atoms with Crippen LogP contribution in [0.1, 0.15) is 67.1 Å². The Morgan fingerprint density at radius 1 is 1.39 bits per heavy atom. The maximum Gasteiger partial charge on any atom is 0.410 e. The van der Waals surface area contributed by atoms with Gasteiger partial charge in [0, 0.05) is 31.1 Å². The van der Waals surface area contributed by atoms with Gasteiger partial charge in [-0.15, -0.1) is 0 Å². The Labute approximate surface area is 159 Å². The van der Waals surface area contributed by atoms with Crippen LogP contribution in [-0.2, 0) is 6.42 Å². The molecule has 0 bridgehead atoms. The third kappa shape index (κ3) is 3.24. The number of halogens is 3. The molecule has 3 atom stereocenters. The van der Waals surface area contributed by atoms with Crippen molar-refractivity contribution in [3.8, 4) is 0 Å². The molecular formula is C18H22F3N5O2. The van der Waals surface area contributed by atoms with Gasteiger partial charge < -0.3 is 14.7 Å². The van der Waals surface area contributed by atoms with Crippen molar-refractivity contribution < 1.29 is 22.5 Å². The van der Waals surface area contributed by atoms with Crippen molar-refractivity contribution in [1.82, 2.24) is 19.8 Å². The predicted octanol–water partition coefficient (Wildman–Crippen LogP) is 3.72. The Morgan fingerprint density at radius 2 is 2.18 bits per heavy atom. The normalized spacial score (nSPS) is 24.9. The predicted molar refractivity (Wildman–Crippen MR) is 93.9 cm³/mol. The van der Waals surface area contributed by atoms with Gasteiger partial charge in [-0.1, -0.05) is 12.1 Å². The second-order valence-corrected chi connectivity index (χ2v) is 7.43. The number of alkyl halides is 3. The molecule has 2 aliphatic rings. The van der Waals surface area contributed by atoms with Crippen LogP contribution in [0.5, 0.6) is 0 Å². The molecule has 1 fully saturated rings. The van der Waals surface area contributed by atoms with Crippen LogP contribution >= 0.6 is 0 Å². The third-order valence-corrected chi connectivity index (χ3v) is 5.38. The number of carbonyl (C=O) groups is 1. The maximum atomic E-state index is 13.5. The van der Waals surface area contributed by atoms with Crippen molar-refractivity contribution in [3.63, 3.8) is 0 Å². The first-order chi connectivity index (χ1) is 13.3. The van der Waals surface area contributed by atoms with Crippen LogP contribution in [0.2, 0.25) is 0 Å². The molecule has 2 aromatic heterocycles. The molecule has 2 aromatic rings. The van der Waals surface area contributed by atoms with E-state index in [1.165, 1.54) is 0 Å². The zero-order valence-corrected chi connectivity index (χ0v) is 15.7. The van der Waals surface area contributed by atoms with Crippen LogP contribution in [0, 0.1) is 0 Å². The smallest absolute Gasteiger partial charge is 0.368 e. The molecule has 10 heteroatoms. The molecule has 4 heterocycles. The molecule has 1 N–H and O–H groups in total. The lowest BCUT2D eigenvalue weighted by atomic mass is 10.1. The third-order valence-electron chi connectivity index (χ3n) is 5.38. The van der Waals surface area contributed by atoms with E-state index in [4.69, 9.17) is 4.52 Å². The van der Waals surface area contributed by atoms with Crippen LogP contribution in [0.3, 0.4) is 0 Å². The Bertz CT molecular complexity index is 875. The fraction of sp³-hybridized carbons (Fsp3) is 0.611. The molecule has 7 nitrogen and oxygen atoms in total. The van der Waals surface area contributed by atoms with E-state index in [1.54, 1.807) is 24.0 Å². The van der Waals surface area contributed by atoms with Crippen LogP contribution in [0.4, 0.5) is 19.0 Å². The number of hydrogen-bond donors (Lipinski definition) is 1. The first kappa shape index (κ1) is 18.8. The van der Waals surface area contributed by atoms with Crippen molar-refractivity contribution >= 4 is 11.7 Å². The first-order valence-electron chi connectivity index (χ1n) is 9.47. The van der Waals surface area contributed by atoms with E-state index in [0.29, 0.717) is 36.7 Å². The number of nitrogens with zero attached hydrogens (tertiary/aromatic N) is 4. The highest BCUT2D eigenvalue weighted by molar-refractivity contribution is 5.92. The lowest BCUT2D eigenvalue weighted by molar-refractivity contribution is -0.173. The lowest BCUT2D eigenvalue weighted by Crippen LogP contribution is -2.38. The van der Waals surface area contributed by atoms with Gasteiger partial charge in [0.05, 0.1) is 11.7 Å². The molecule has 4 rings (SSSR count). The van der Waals surface area contributed by atoms with E-state index in [0.717, 1.165) is 11.1 Å². The van der Waals surface area contributed by atoms with Gasteiger partial charge in [0.15, 0.2) is 11.7 Å². The quantitative estimate of drug-likeness (QED) is 0.854. The molecule has 2 aliphatic heterocycles. The maximum absolute atomic E-state index is 13.5. The van der Waals surface area contributed by atoms with Crippen LogP contribution < -0.4 is 5.32 Å². The highest BCUT2D eigenvalue weighted by Gasteiger charge is 2.46. The second-order valence-electron chi connectivity index (χ2n) is 7.43. The molecule has 1 amide bonds. The van der Waals surface area contributed by atoms with Crippen LogP contribution in [0.15, 0.2) is 16.7 Å². The summed E-state index contributed by atoms with van der Waals surface area (Å²) in [5, 5.41) is 11.1. The summed E-state index contributed by atoms with van der Waals surface area (Å²) in [6.07, 6.45) is -2.43. The highest BCUT2D eigenvalue weighted by Crippen LogP contribution is 2.41. The number of aryl methyl sites for hydroxylation is 1. The monoisotopic (exact) mass is 397 g/mol. The van der Waals surface area contributed by atoms with Gasteiger partial charge in [0.1, 0.15) is 11.6 Å². The van der Waals surface area contributed by atoms with Crippen molar-refractivity contribution in [3.05, 3.63) is 29.3 Å². The Balaban J connectivity index is 1.63. The summed E-state index contributed by atoms with van der Waals surface area (Å²) >= 11 is 0. The average Bonchev–Trinajstić information content (AvgIpc) is 3.37. The minimum absolute atomic E-state index is 0.0797. The number of likely N-dealkylation sites (tertiary alicyclic amines) is 1. The van der Waals surface area contributed by atoms with E-state index < -0.39 is 12.2 Å². The number of anilines is 1. The molecule has 1 saturated heterocycles. The SMILES string of the molecule is CCc1cc(C(=O)N2CCC[C@@H]2c2cc3n(n2)[C@@H](C(F)(F)F)C[C@@H](C)N3)no1. The Morgan fingerprint density at radius 3 is 2.86 bits per heavy atom. The summed E-state index contributed by atoms with van der Waals surface area (Å²) < 4.78 is 46.5. The largest absolute Gasteiger partial charge is 0.410 e. The minimum atomic E-state index is -4.38. The molecule has 0 aliphatic carbocycles. The summed E-state index contributed by atoms with van der Waals surface area (Å²) in [5.74, 6) is 0.665. The van der Waals surface area contributed by atoms with E-state index in [-0.39, 0.29) is 30.1 Å². The molecule has 0 radical (unpaired) electrons. The molecule has 152 valence electrons. The number of fused-ring (bicyclic) bond motifs is 1. The van der Waals surface area contributed by atoms with Crippen LogP contribution in [0.25, 0.3) is 0 Å². The summed E-state index contributed by atoms with van der Waals surface area (Å²) in [4.78, 5) is 14.5. The number of nitrogens with one attached hydrogen (secondary N) is 1. The summed E-state index contributed by atoms with van der Waals surface area (Å²) in [5.41, 5.74) is 0.684. The average molecular weight is 397 g/mol. The molecular weight excluding hydrogens is 375 g/mol. The number of amides is 1. The van der Waals surface area contributed by atoms with Crippen molar-refractivity contribution in [2.45, 2.75) is 63.8 Å². The van der Waals surface area contributed by atoms with Crippen molar-refractivity contribution in [1.29, 1.82) is 0 Å². The van der Waals surface area contributed by atoms with Crippen LogP contribution in [-0.4, -0.2) is 44.5 Å². The number of carbonyl (C=O) groups excluding carboxylic acids is 1. The Kier molecular flexibility index (Phi) is 4.59. The molecule has 0 spiro atoms. The topological polar surface area (TPSA) is 76.2 Å². The fourth-order valence-electron chi connectivity index (χ4n) is 3.98. The summed E-state index contributed by atoms with van der Waals surface area (Å²) in [7, 11) is 0. The molecule has 28 heavy (non-hydrogen) atoms. The van der Waals surface area contributed by atoms with E-state index in [1.807, 2.05) is 6.92 Å². The van der Waals surface area contributed by atoms with Gasteiger partial charge in [-0.25, -0.2) is 4.68 Å². The molecule has 0 aromatic carbocycles. The van der Waals surface area contributed by atoms with E-state index in [2.05, 4.69) is 15.6 Å². The van der Waals surface area contributed by atoms with Gasteiger partial charge in [0.2, 0.25) is 0 Å². The number of hydrogen-bond acceptors (Lipinski definition) is 5. The molecule has 0 saturated carbocycles. The second kappa shape index (κ2) is 6.82. The van der Waals surface area contributed by atoms with Crippen molar-refractivity contribution in [2.24, 2.45) is 0 Å². The van der Waals surface area contributed by atoms with Crippen molar-refractivity contribution in [2.75, 3.05) is 11.9 Å².